The van der Waals surface area contributed by atoms with Gasteiger partial charge in [0, 0.05) is 25.7 Å². The second-order valence-corrected chi connectivity index (χ2v) is 8.40. The van der Waals surface area contributed by atoms with Crippen molar-refractivity contribution >= 4 is 27.5 Å². The molecule has 9 heteroatoms. The zero-order chi connectivity index (χ0) is 22.0. The lowest BCUT2D eigenvalue weighted by molar-refractivity contribution is -0.123. The number of carbonyl (C=O) groups is 2. The predicted octanol–water partition coefficient (Wildman–Crippen LogP) is 2.07. The number of sulfonamides is 1. The molecule has 0 fully saturated rings. The molecule has 0 saturated carbocycles. The lowest BCUT2D eigenvalue weighted by Gasteiger charge is -2.10. The van der Waals surface area contributed by atoms with Crippen molar-refractivity contribution in [2.45, 2.75) is 31.6 Å². The minimum atomic E-state index is -3.71. The molecule has 0 aromatic heterocycles. The van der Waals surface area contributed by atoms with Crippen LogP contribution in [0.3, 0.4) is 0 Å². The van der Waals surface area contributed by atoms with Gasteiger partial charge in [-0.1, -0.05) is 25.5 Å². The van der Waals surface area contributed by atoms with Gasteiger partial charge in [-0.3, -0.25) is 9.59 Å². The Bertz CT molecular complexity index is 942. The molecule has 0 aliphatic heterocycles. The normalized spacial score (nSPS) is 11.0. The number of benzene rings is 2. The summed E-state index contributed by atoms with van der Waals surface area (Å²) in [5.41, 5.74) is 1.72. The zero-order valence-electron chi connectivity index (χ0n) is 17.1. The van der Waals surface area contributed by atoms with E-state index in [1.165, 1.54) is 36.8 Å². The molecule has 0 atom stereocenters. The number of hydrogen-bond donors (Lipinski definition) is 3. The monoisotopic (exact) mass is 433 g/mol. The molecule has 0 radical (unpaired) electrons. The summed E-state index contributed by atoms with van der Waals surface area (Å²) in [4.78, 5) is 22.9. The summed E-state index contributed by atoms with van der Waals surface area (Å²) < 4.78 is 32.4. The van der Waals surface area contributed by atoms with Crippen LogP contribution < -0.4 is 20.1 Å². The molecule has 2 rings (SSSR count). The van der Waals surface area contributed by atoms with Crippen molar-refractivity contribution in [2.75, 3.05) is 25.0 Å². The molecular weight excluding hydrogens is 406 g/mol. The molecular formula is C21H27N3O5S. The number of anilines is 1. The average molecular weight is 434 g/mol. The smallest absolute Gasteiger partial charge is 0.257 e. The Morgan fingerprint density at radius 1 is 0.967 bits per heavy atom. The van der Waals surface area contributed by atoms with Crippen molar-refractivity contribution < 1.29 is 22.7 Å². The summed E-state index contributed by atoms with van der Waals surface area (Å²) in [6, 6.07) is 13.4. The highest BCUT2D eigenvalue weighted by atomic mass is 32.2. The fourth-order valence-electron chi connectivity index (χ4n) is 2.63. The van der Waals surface area contributed by atoms with Crippen LogP contribution in [0, 0.1) is 0 Å². The van der Waals surface area contributed by atoms with E-state index in [2.05, 4.69) is 22.3 Å². The van der Waals surface area contributed by atoms with Crippen molar-refractivity contribution in [3.05, 3.63) is 54.1 Å². The van der Waals surface area contributed by atoms with E-state index in [4.69, 9.17) is 4.74 Å². The van der Waals surface area contributed by atoms with E-state index in [1.807, 2.05) is 24.3 Å². The van der Waals surface area contributed by atoms with E-state index in [0.29, 0.717) is 11.4 Å². The maximum absolute atomic E-state index is 12.3. The van der Waals surface area contributed by atoms with Crippen LogP contribution >= 0.6 is 0 Å². The van der Waals surface area contributed by atoms with Gasteiger partial charge in [0.1, 0.15) is 5.75 Å². The fraction of sp³-hybridized carbons (Fsp3) is 0.333. The number of amides is 2. The molecule has 0 saturated heterocycles. The first kappa shape index (κ1) is 23.4. The first-order valence-corrected chi connectivity index (χ1v) is 11.1. The van der Waals surface area contributed by atoms with Crippen LogP contribution in [0.25, 0.3) is 0 Å². The largest absolute Gasteiger partial charge is 0.484 e. The molecule has 3 N–H and O–H groups in total. The van der Waals surface area contributed by atoms with Gasteiger partial charge in [0.2, 0.25) is 15.9 Å². The van der Waals surface area contributed by atoms with Gasteiger partial charge in [0.15, 0.2) is 6.61 Å². The third-order valence-corrected chi connectivity index (χ3v) is 5.53. The Morgan fingerprint density at radius 2 is 1.63 bits per heavy atom. The summed E-state index contributed by atoms with van der Waals surface area (Å²) in [5, 5.41) is 5.17. The van der Waals surface area contributed by atoms with Crippen molar-refractivity contribution in [1.29, 1.82) is 0 Å². The number of hydrogen-bond acceptors (Lipinski definition) is 5. The number of aryl methyl sites for hydroxylation is 1. The lowest BCUT2D eigenvalue weighted by atomic mass is 10.1. The quantitative estimate of drug-likeness (QED) is 0.470. The minimum Gasteiger partial charge on any atom is -0.484 e. The van der Waals surface area contributed by atoms with E-state index >= 15 is 0 Å². The van der Waals surface area contributed by atoms with Crippen molar-refractivity contribution in [2.24, 2.45) is 0 Å². The molecule has 8 nitrogen and oxygen atoms in total. The zero-order valence-corrected chi connectivity index (χ0v) is 17.9. The Morgan fingerprint density at radius 3 is 2.23 bits per heavy atom. The van der Waals surface area contributed by atoms with Crippen LogP contribution in [0.2, 0.25) is 0 Å². The standard InChI is InChI=1S/C21H27N3O5S/c1-3-4-17-5-9-19(10-6-17)29-15-21(26)22-13-14-23-30(27,28)20-11-7-18(8-12-20)24-16(2)25/h5-12,23H,3-4,13-15H2,1-2H3,(H,22,26)(H,24,25). The van der Waals surface area contributed by atoms with Crippen LogP contribution in [-0.2, 0) is 26.0 Å². The lowest BCUT2D eigenvalue weighted by Crippen LogP contribution is -2.36. The van der Waals surface area contributed by atoms with Gasteiger partial charge in [-0.05, 0) is 48.4 Å². The molecule has 2 amide bonds. The molecule has 0 unspecified atom stereocenters. The highest BCUT2D eigenvalue weighted by molar-refractivity contribution is 7.89. The van der Waals surface area contributed by atoms with Crippen LogP contribution in [0.5, 0.6) is 5.75 Å². The molecule has 0 aliphatic carbocycles. The van der Waals surface area contributed by atoms with E-state index in [0.717, 1.165) is 12.8 Å². The second-order valence-electron chi connectivity index (χ2n) is 6.64. The van der Waals surface area contributed by atoms with Crippen LogP contribution in [0.4, 0.5) is 5.69 Å². The Hall–Kier alpha value is -2.91. The van der Waals surface area contributed by atoms with E-state index in [1.54, 1.807) is 0 Å². The molecule has 30 heavy (non-hydrogen) atoms. The molecule has 2 aromatic rings. The highest BCUT2D eigenvalue weighted by Gasteiger charge is 2.13. The summed E-state index contributed by atoms with van der Waals surface area (Å²) in [7, 11) is -3.71. The molecule has 162 valence electrons. The number of nitrogens with one attached hydrogen (secondary N) is 3. The first-order valence-electron chi connectivity index (χ1n) is 9.66. The molecule has 0 bridgehead atoms. The predicted molar refractivity (Wildman–Crippen MR) is 115 cm³/mol. The third kappa shape index (κ3) is 7.84. The summed E-state index contributed by atoms with van der Waals surface area (Å²) in [6.07, 6.45) is 2.06. The summed E-state index contributed by atoms with van der Waals surface area (Å²) >= 11 is 0. The SMILES string of the molecule is CCCc1ccc(OCC(=O)NCCNS(=O)(=O)c2ccc(NC(C)=O)cc2)cc1. The number of ether oxygens (including phenoxy) is 1. The van der Waals surface area contributed by atoms with Crippen molar-refractivity contribution in [3.8, 4) is 5.75 Å². The van der Waals surface area contributed by atoms with Crippen molar-refractivity contribution in [1.82, 2.24) is 10.0 Å². The maximum atomic E-state index is 12.3. The van der Waals surface area contributed by atoms with Crippen molar-refractivity contribution in [3.63, 3.8) is 0 Å². The Balaban J connectivity index is 1.71. The van der Waals surface area contributed by atoms with Gasteiger partial charge in [0.25, 0.3) is 5.91 Å². The first-order chi connectivity index (χ1) is 14.3. The molecule has 0 heterocycles. The Labute approximate surface area is 177 Å². The average Bonchev–Trinajstić information content (AvgIpc) is 2.71. The second kappa shape index (κ2) is 11.3. The summed E-state index contributed by atoms with van der Waals surface area (Å²) in [6.45, 7) is 3.49. The van der Waals surface area contributed by atoms with Gasteiger partial charge in [-0.15, -0.1) is 0 Å². The van der Waals surface area contributed by atoms with Gasteiger partial charge >= 0.3 is 0 Å². The van der Waals surface area contributed by atoms with Crippen LogP contribution in [-0.4, -0.2) is 39.9 Å². The minimum absolute atomic E-state index is 0.0350. The maximum Gasteiger partial charge on any atom is 0.257 e. The fourth-order valence-corrected chi connectivity index (χ4v) is 3.66. The number of carbonyl (C=O) groups excluding carboxylic acids is 2. The van der Waals surface area contributed by atoms with Gasteiger partial charge < -0.3 is 15.4 Å². The van der Waals surface area contributed by atoms with Crippen LogP contribution in [0.1, 0.15) is 25.8 Å². The third-order valence-electron chi connectivity index (χ3n) is 4.06. The van der Waals surface area contributed by atoms with Gasteiger partial charge in [-0.25, -0.2) is 13.1 Å². The molecule has 0 spiro atoms. The number of rotatable bonds is 11. The highest BCUT2D eigenvalue weighted by Crippen LogP contribution is 2.14. The van der Waals surface area contributed by atoms with Crippen LogP contribution in [0.15, 0.2) is 53.4 Å². The Kier molecular flexibility index (Phi) is 8.82. The van der Waals surface area contributed by atoms with E-state index in [-0.39, 0.29) is 36.4 Å². The molecule has 0 aliphatic rings. The van der Waals surface area contributed by atoms with Gasteiger partial charge in [-0.2, -0.15) is 0 Å². The van der Waals surface area contributed by atoms with E-state index in [9.17, 15) is 18.0 Å². The van der Waals surface area contributed by atoms with Gasteiger partial charge in [0.05, 0.1) is 4.90 Å². The summed E-state index contributed by atoms with van der Waals surface area (Å²) in [5.74, 6) is 0.0249. The topological polar surface area (TPSA) is 114 Å². The molecule has 2 aromatic carbocycles. The van der Waals surface area contributed by atoms with E-state index < -0.39 is 10.0 Å².